The Labute approximate surface area is 83.8 Å². The molecule has 1 N–H and O–H groups in total. The van der Waals surface area contributed by atoms with Crippen LogP contribution in [-0.2, 0) is 6.42 Å². The van der Waals surface area contributed by atoms with Crippen molar-refractivity contribution in [2.24, 2.45) is 0 Å². The van der Waals surface area contributed by atoms with Gasteiger partial charge in [0.25, 0.3) is 0 Å². The predicted molar refractivity (Wildman–Crippen MR) is 54.4 cm³/mol. The smallest absolute Gasteiger partial charge is 0.335 e. The number of aromatic carboxylic acids is 1. The fraction of sp³-hybridized carbons (Fsp3) is 0.455. The van der Waals surface area contributed by atoms with E-state index < -0.39 is 5.97 Å². The van der Waals surface area contributed by atoms with Gasteiger partial charge in [-0.3, -0.25) is 4.98 Å². The van der Waals surface area contributed by atoms with Gasteiger partial charge in [-0.15, -0.1) is 0 Å². The molecule has 0 amide bonds. The van der Waals surface area contributed by atoms with Crippen molar-refractivity contribution < 1.29 is 9.90 Å². The first-order chi connectivity index (χ1) is 6.74. The number of carbonyl (C=O) groups is 1. The molecule has 0 bridgehead atoms. The van der Waals surface area contributed by atoms with Crippen molar-refractivity contribution in [3.05, 3.63) is 29.6 Å². The van der Waals surface area contributed by atoms with E-state index in [4.69, 9.17) is 5.11 Å². The molecule has 0 saturated carbocycles. The molecule has 0 aliphatic rings. The van der Waals surface area contributed by atoms with Crippen molar-refractivity contribution >= 4 is 5.97 Å². The monoisotopic (exact) mass is 193 g/mol. The zero-order chi connectivity index (χ0) is 10.4. The molecule has 0 spiro atoms. The molecule has 3 nitrogen and oxygen atoms in total. The fourth-order valence-corrected chi connectivity index (χ4v) is 1.30. The topological polar surface area (TPSA) is 50.2 Å². The second-order valence-corrected chi connectivity index (χ2v) is 3.30. The van der Waals surface area contributed by atoms with Crippen LogP contribution in [0.25, 0.3) is 0 Å². The summed E-state index contributed by atoms with van der Waals surface area (Å²) >= 11 is 0. The number of carboxylic acids is 1. The highest BCUT2D eigenvalue weighted by Gasteiger charge is 2.03. The van der Waals surface area contributed by atoms with E-state index in [1.54, 1.807) is 12.3 Å². The van der Waals surface area contributed by atoms with Crippen molar-refractivity contribution in [3.8, 4) is 0 Å². The van der Waals surface area contributed by atoms with E-state index in [1.807, 2.05) is 0 Å². The van der Waals surface area contributed by atoms with Crippen molar-refractivity contribution in [2.45, 2.75) is 32.6 Å². The third-order valence-electron chi connectivity index (χ3n) is 2.10. The highest BCUT2D eigenvalue weighted by atomic mass is 16.4. The number of aryl methyl sites for hydroxylation is 1. The lowest BCUT2D eigenvalue weighted by Gasteiger charge is -2.00. The van der Waals surface area contributed by atoms with Gasteiger partial charge < -0.3 is 5.11 Å². The van der Waals surface area contributed by atoms with Crippen LogP contribution < -0.4 is 0 Å². The average Bonchev–Trinajstić information content (AvgIpc) is 2.19. The molecule has 0 radical (unpaired) electrons. The van der Waals surface area contributed by atoms with Gasteiger partial charge in [0.15, 0.2) is 0 Å². The average molecular weight is 193 g/mol. The largest absolute Gasteiger partial charge is 0.478 e. The number of nitrogens with zero attached hydrogens (tertiary/aromatic N) is 1. The summed E-state index contributed by atoms with van der Waals surface area (Å²) in [7, 11) is 0. The van der Waals surface area contributed by atoms with Gasteiger partial charge in [0.2, 0.25) is 0 Å². The molecule has 0 aromatic carbocycles. The Morgan fingerprint density at radius 3 is 2.93 bits per heavy atom. The van der Waals surface area contributed by atoms with Gasteiger partial charge in [-0.2, -0.15) is 0 Å². The minimum absolute atomic E-state index is 0.325. The highest BCUT2D eigenvalue weighted by Crippen LogP contribution is 2.06. The SMILES string of the molecule is CCCCCc1cc(C(=O)O)ccn1. The van der Waals surface area contributed by atoms with E-state index in [1.165, 1.54) is 18.9 Å². The number of pyridine rings is 1. The van der Waals surface area contributed by atoms with Crippen LogP contribution in [0.5, 0.6) is 0 Å². The summed E-state index contributed by atoms with van der Waals surface area (Å²) in [6, 6.07) is 3.17. The summed E-state index contributed by atoms with van der Waals surface area (Å²) in [4.78, 5) is 14.8. The van der Waals surface area contributed by atoms with Gasteiger partial charge in [0, 0.05) is 11.9 Å². The van der Waals surface area contributed by atoms with Crippen LogP contribution in [-0.4, -0.2) is 16.1 Å². The Kier molecular flexibility index (Phi) is 4.11. The number of unbranched alkanes of at least 4 members (excludes halogenated alkanes) is 2. The van der Waals surface area contributed by atoms with Crippen molar-refractivity contribution in [1.82, 2.24) is 4.98 Å². The van der Waals surface area contributed by atoms with Gasteiger partial charge in [-0.25, -0.2) is 4.79 Å². The molecule has 0 unspecified atom stereocenters. The van der Waals surface area contributed by atoms with Crippen molar-refractivity contribution in [3.63, 3.8) is 0 Å². The lowest BCUT2D eigenvalue weighted by atomic mass is 10.1. The maximum atomic E-state index is 10.7. The van der Waals surface area contributed by atoms with Crippen LogP contribution in [0.1, 0.15) is 42.2 Å². The quantitative estimate of drug-likeness (QED) is 0.731. The molecular weight excluding hydrogens is 178 g/mol. The summed E-state index contributed by atoms with van der Waals surface area (Å²) in [5.41, 5.74) is 1.20. The first-order valence-corrected chi connectivity index (χ1v) is 4.92. The second kappa shape index (κ2) is 5.37. The maximum Gasteiger partial charge on any atom is 0.335 e. The first kappa shape index (κ1) is 10.7. The molecule has 1 rings (SSSR count). The molecule has 0 aliphatic carbocycles. The molecule has 0 fully saturated rings. The Morgan fingerprint density at radius 1 is 1.50 bits per heavy atom. The van der Waals surface area contributed by atoms with Crippen LogP contribution in [0.2, 0.25) is 0 Å². The van der Waals surface area contributed by atoms with Crippen LogP contribution in [0.15, 0.2) is 18.3 Å². The second-order valence-electron chi connectivity index (χ2n) is 3.30. The number of rotatable bonds is 5. The Morgan fingerprint density at radius 2 is 2.29 bits per heavy atom. The molecule has 76 valence electrons. The number of aromatic nitrogens is 1. The van der Waals surface area contributed by atoms with Crippen LogP contribution in [0.3, 0.4) is 0 Å². The maximum absolute atomic E-state index is 10.7. The predicted octanol–water partition coefficient (Wildman–Crippen LogP) is 2.51. The Bertz CT molecular complexity index is 310. The first-order valence-electron chi connectivity index (χ1n) is 4.92. The minimum Gasteiger partial charge on any atom is -0.478 e. The molecule has 14 heavy (non-hydrogen) atoms. The van der Waals surface area contributed by atoms with Gasteiger partial charge in [0.1, 0.15) is 0 Å². The molecule has 3 heteroatoms. The van der Waals surface area contributed by atoms with Crippen molar-refractivity contribution in [1.29, 1.82) is 0 Å². The standard InChI is InChI=1S/C11H15NO2/c1-2-3-4-5-10-8-9(11(13)14)6-7-12-10/h6-8H,2-5H2,1H3,(H,13,14). The zero-order valence-electron chi connectivity index (χ0n) is 8.36. The summed E-state index contributed by atoms with van der Waals surface area (Å²) in [6.07, 6.45) is 5.84. The summed E-state index contributed by atoms with van der Waals surface area (Å²) < 4.78 is 0. The number of carboxylic acid groups (broad SMARTS) is 1. The van der Waals surface area contributed by atoms with Gasteiger partial charge in [-0.05, 0) is 25.0 Å². The van der Waals surface area contributed by atoms with Gasteiger partial charge >= 0.3 is 5.97 Å². The lowest BCUT2D eigenvalue weighted by molar-refractivity contribution is 0.0696. The molecule has 1 aromatic heterocycles. The number of hydrogen-bond acceptors (Lipinski definition) is 2. The summed E-state index contributed by atoms with van der Waals surface area (Å²) in [5, 5.41) is 8.75. The molecule has 0 atom stereocenters. The fourth-order valence-electron chi connectivity index (χ4n) is 1.30. The summed E-state index contributed by atoms with van der Waals surface area (Å²) in [5.74, 6) is -0.885. The van der Waals surface area contributed by atoms with E-state index in [-0.39, 0.29) is 0 Å². The van der Waals surface area contributed by atoms with E-state index in [2.05, 4.69) is 11.9 Å². The van der Waals surface area contributed by atoms with E-state index in [0.717, 1.165) is 18.5 Å². The van der Waals surface area contributed by atoms with Gasteiger partial charge in [-0.1, -0.05) is 19.8 Å². The third-order valence-corrected chi connectivity index (χ3v) is 2.10. The molecule has 0 aliphatic heterocycles. The third kappa shape index (κ3) is 3.17. The van der Waals surface area contributed by atoms with E-state index >= 15 is 0 Å². The zero-order valence-corrected chi connectivity index (χ0v) is 8.36. The Hall–Kier alpha value is -1.38. The minimum atomic E-state index is -0.885. The highest BCUT2D eigenvalue weighted by molar-refractivity contribution is 5.87. The number of hydrogen-bond donors (Lipinski definition) is 1. The van der Waals surface area contributed by atoms with Gasteiger partial charge in [0.05, 0.1) is 5.56 Å². The van der Waals surface area contributed by atoms with Crippen LogP contribution in [0.4, 0.5) is 0 Å². The molecule has 1 aromatic rings. The normalized spacial score (nSPS) is 10.1. The Balaban J connectivity index is 2.59. The lowest BCUT2D eigenvalue weighted by Crippen LogP contribution is -1.99. The van der Waals surface area contributed by atoms with Crippen LogP contribution in [0, 0.1) is 0 Å². The van der Waals surface area contributed by atoms with E-state index in [9.17, 15) is 4.79 Å². The molecular formula is C11H15NO2. The molecule has 1 heterocycles. The summed E-state index contributed by atoms with van der Waals surface area (Å²) in [6.45, 7) is 2.14. The van der Waals surface area contributed by atoms with Crippen molar-refractivity contribution in [2.75, 3.05) is 0 Å². The van der Waals surface area contributed by atoms with Crippen LogP contribution >= 0.6 is 0 Å². The molecule has 0 saturated heterocycles. The van der Waals surface area contributed by atoms with E-state index in [0.29, 0.717) is 5.56 Å².